The summed E-state index contributed by atoms with van der Waals surface area (Å²) in [7, 11) is 0. The van der Waals surface area contributed by atoms with Crippen LogP contribution in [0, 0.1) is 0 Å². The van der Waals surface area contributed by atoms with Gasteiger partial charge in [0.2, 0.25) is 0 Å². The Morgan fingerprint density at radius 3 is 1.75 bits per heavy atom. The number of rotatable bonds is 5. The number of carbonyl (C=O) groups is 2. The normalized spacial score (nSPS) is 15.0. The van der Waals surface area contributed by atoms with Crippen molar-refractivity contribution in [1.82, 2.24) is 9.80 Å². The van der Waals surface area contributed by atoms with Crippen molar-refractivity contribution in [1.29, 1.82) is 0 Å². The van der Waals surface area contributed by atoms with E-state index in [1.165, 1.54) is 23.3 Å². The maximum atomic E-state index is 13.1. The van der Waals surface area contributed by atoms with Crippen molar-refractivity contribution in [2.45, 2.75) is 32.6 Å². The molecule has 1 heterocycles. The zero-order valence-electron chi connectivity index (χ0n) is 17.8. The number of piperazine rings is 1. The van der Waals surface area contributed by atoms with Crippen LogP contribution in [0.4, 0.5) is 13.2 Å². The molecule has 2 N–H and O–H groups in total. The van der Waals surface area contributed by atoms with Gasteiger partial charge >= 0.3 is 18.1 Å². The second-order valence-corrected chi connectivity index (χ2v) is 7.49. The molecule has 0 aliphatic carbocycles. The molecule has 0 bridgehead atoms. The van der Waals surface area contributed by atoms with Crippen LogP contribution in [0.15, 0.2) is 48.5 Å². The first kappa shape index (κ1) is 25.4. The number of halogens is 3. The smallest absolute Gasteiger partial charge is 0.416 e. The average molecular weight is 452 g/mol. The van der Waals surface area contributed by atoms with E-state index in [-0.39, 0.29) is 0 Å². The maximum Gasteiger partial charge on any atom is 0.416 e. The van der Waals surface area contributed by atoms with E-state index in [1.807, 2.05) is 0 Å². The lowest BCUT2D eigenvalue weighted by atomic mass is 10.1. The van der Waals surface area contributed by atoms with Crippen LogP contribution in [0.1, 0.15) is 29.2 Å². The van der Waals surface area contributed by atoms with E-state index < -0.39 is 23.7 Å². The largest absolute Gasteiger partial charge is 0.473 e. The summed E-state index contributed by atoms with van der Waals surface area (Å²) in [6.07, 6.45) is -3.25. The first-order valence-electron chi connectivity index (χ1n) is 10.2. The molecule has 0 radical (unpaired) electrons. The topological polar surface area (TPSA) is 81.1 Å². The Kier molecular flexibility index (Phi) is 9.22. The van der Waals surface area contributed by atoms with Crippen molar-refractivity contribution >= 4 is 11.9 Å². The molecule has 0 saturated carbocycles. The molecule has 0 amide bonds. The van der Waals surface area contributed by atoms with Gasteiger partial charge in [0.25, 0.3) is 0 Å². The summed E-state index contributed by atoms with van der Waals surface area (Å²) < 4.78 is 39.4. The molecule has 1 aliphatic heterocycles. The predicted molar refractivity (Wildman–Crippen MR) is 113 cm³/mol. The molecule has 3 rings (SSSR count). The minimum atomic E-state index is -4.29. The van der Waals surface area contributed by atoms with E-state index in [9.17, 15) is 13.2 Å². The van der Waals surface area contributed by atoms with Crippen LogP contribution >= 0.6 is 0 Å². The fourth-order valence-corrected chi connectivity index (χ4v) is 3.42. The lowest BCUT2D eigenvalue weighted by molar-refractivity contribution is -0.159. The molecule has 1 fully saturated rings. The Morgan fingerprint density at radius 1 is 0.812 bits per heavy atom. The lowest BCUT2D eigenvalue weighted by Crippen LogP contribution is -2.45. The molecule has 32 heavy (non-hydrogen) atoms. The van der Waals surface area contributed by atoms with Gasteiger partial charge in [-0.15, -0.1) is 0 Å². The van der Waals surface area contributed by atoms with E-state index in [1.54, 1.807) is 12.1 Å². The molecule has 1 aliphatic rings. The van der Waals surface area contributed by atoms with Crippen LogP contribution in [0.25, 0.3) is 0 Å². The molecule has 0 atom stereocenters. The molecule has 0 spiro atoms. The van der Waals surface area contributed by atoms with Gasteiger partial charge in [-0.3, -0.25) is 9.80 Å². The van der Waals surface area contributed by atoms with Gasteiger partial charge < -0.3 is 10.2 Å². The molecule has 0 aromatic heterocycles. The summed E-state index contributed by atoms with van der Waals surface area (Å²) in [6, 6.07) is 14.6. The average Bonchev–Trinajstić information content (AvgIpc) is 2.76. The summed E-state index contributed by atoms with van der Waals surface area (Å²) in [5.41, 5.74) is 2.47. The SMILES string of the molecule is CCc1ccc(CN2CCN(Cc3ccccc3C(F)(F)F)CC2)cc1.O=C(O)C(=O)O. The summed E-state index contributed by atoms with van der Waals surface area (Å²) >= 11 is 0. The summed E-state index contributed by atoms with van der Waals surface area (Å²) in [6.45, 7) is 6.74. The minimum Gasteiger partial charge on any atom is -0.473 e. The van der Waals surface area contributed by atoms with Gasteiger partial charge in [-0.05, 0) is 29.2 Å². The lowest BCUT2D eigenvalue weighted by Gasteiger charge is -2.35. The summed E-state index contributed by atoms with van der Waals surface area (Å²) in [5, 5.41) is 14.8. The van der Waals surface area contributed by atoms with E-state index in [0.29, 0.717) is 12.1 Å². The van der Waals surface area contributed by atoms with Crippen LogP contribution in [0.5, 0.6) is 0 Å². The highest BCUT2D eigenvalue weighted by atomic mass is 19.4. The number of carboxylic acid groups (broad SMARTS) is 2. The molecule has 174 valence electrons. The van der Waals surface area contributed by atoms with Crippen LogP contribution in [0.3, 0.4) is 0 Å². The number of nitrogens with zero attached hydrogens (tertiary/aromatic N) is 2. The van der Waals surface area contributed by atoms with Crippen LogP contribution in [0.2, 0.25) is 0 Å². The Morgan fingerprint density at radius 2 is 1.28 bits per heavy atom. The van der Waals surface area contributed by atoms with Crippen molar-refractivity contribution in [3.63, 3.8) is 0 Å². The van der Waals surface area contributed by atoms with Gasteiger partial charge in [-0.2, -0.15) is 13.2 Å². The quantitative estimate of drug-likeness (QED) is 0.673. The second kappa shape index (κ2) is 11.6. The minimum absolute atomic E-state index is 0.356. The number of hydrogen-bond donors (Lipinski definition) is 2. The fraction of sp³-hybridized carbons (Fsp3) is 0.391. The van der Waals surface area contributed by atoms with Gasteiger partial charge in [0.05, 0.1) is 5.56 Å². The van der Waals surface area contributed by atoms with E-state index in [2.05, 4.69) is 41.0 Å². The molecule has 0 unspecified atom stereocenters. The third-order valence-electron chi connectivity index (χ3n) is 5.20. The standard InChI is InChI=1S/C21H25F3N2.C2H2O4/c1-2-17-7-9-18(10-8-17)15-25-11-13-26(14-12-25)16-19-5-3-4-6-20(19)21(22,23)24;3-1(4)2(5)6/h3-10H,2,11-16H2,1H3;(H,3,4)(H,5,6). The Bertz CT molecular complexity index is 881. The van der Waals surface area contributed by atoms with Gasteiger partial charge in [0, 0.05) is 39.3 Å². The van der Waals surface area contributed by atoms with Crippen LogP contribution < -0.4 is 0 Å². The van der Waals surface area contributed by atoms with E-state index in [0.717, 1.165) is 39.1 Å². The fourth-order valence-electron chi connectivity index (χ4n) is 3.42. The van der Waals surface area contributed by atoms with Gasteiger partial charge in [-0.1, -0.05) is 49.4 Å². The molecular formula is C23H27F3N2O4. The van der Waals surface area contributed by atoms with Crippen LogP contribution in [-0.2, 0) is 35.3 Å². The van der Waals surface area contributed by atoms with Crippen molar-refractivity contribution < 1.29 is 33.0 Å². The Labute approximate surface area is 184 Å². The van der Waals surface area contributed by atoms with Crippen molar-refractivity contribution in [3.05, 3.63) is 70.8 Å². The number of alkyl halides is 3. The van der Waals surface area contributed by atoms with E-state index >= 15 is 0 Å². The Balaban J connectivity index is 0.000000534. The monoisotopic (exact) mass is 452 g/mol. The maximum absolute atomic E-state index is 13.1. The first-order valence-corrected chi connectivity index (χ1v) is 10.2. The van der Waals surface area contributed by atoms with Crippen LogP contribution in [-0.4, -0.2) is 58.1 Å². The Hall–Kier alpha value is -2.91. The molecule has 2 aromatic carbocycles. The molecule has 6 nitrogen and oxygen atoms in total. The highest BCUT2D eigenvalue weighted by Crippen LogP contribution is 2.32. The third kappa shape index (κ3) is 7.97. The zero-order chi connectivity index (χ0) is 23.7. The predicted octanol–water partition coefficient (Wildman–Crippen LogP) is 3.74. The van der Waals surface area contributed by atoms with E-state index in [4.69, 9.17) is 19.8 Å². The zero-order valence-corrected chi connectivity index (χ0v) is 17.8. The second-order valence-electron chi connectivity index (χ2n) is 7.49. The van der Waals surface area contributed by atoms with Gasteiger partial charge in [0.1, 0.15) is 0 Å². The molecule has 1 saturated heterocycles. The number of hydrogen-bond acceptors (Lipinski definition) is 4. The van der Waals surface area contributed by atoms with Gasteiger partial charge in [-0.25, -0.2) is 9.59 Å². The summed E-state index contributed by atoms with van der Waals surface area (Å²) in [5.74, 6) is -3.65. The molecule has 9 heteroatoms. The molecular weight excluding hydrogens is 425 g/mol. The van der Waals surface area contributed by atoms with Crippen molar-refractivity contribution in [2.24, 2.45) is 0 Å². The number of benzene rings is 2. The van der Waals surface area contributed by atoms with Gasteiger partial charge in [0.15, 0.2) is 0 Å². The highest BCUT2D eigenvalue weighted by molar-refractivity contribution is 6.27. The highest BCUT2D eigenvalue weighted by Gasteiger charge is 2.33. The third-order valence-corrected chi connectivity index (χ3v) is 5.20. The number of aliphatic carboxylic acids is 2. The molecule has 2 aromatic rings. The van der Waals surface area contributed by atoms with Crippen molar-refractivity contribution in [2.75, 3.05) is 26.2 Å². The summed E-state index contributed by atoms with van der Waals surface area (Å²) in [4.78, 5) is 22.7. The number of carboxylic acids is 2. The number of aryl methyl sites for hydroxylation is 1. The van der Waals surface area contributed by atoms with Crippen molar-refractivity contribution in [3.8, 4) is 0 Å². The first-order chi connectivity index (χ1) is 15.1.